The van der Waals surface area contributed by atoms with Gasteiger partial charge in [-0.2, -0.15) is 0 Å². The van der Waals surface area contributed by atoms with E-state index in [0.717, 1.165) is 40.8 Å². The number of hydrogen-bond donors (Lipinski definition) is 1. The molecule has 4 rings (SSSR count). The Morgan fingerprint density at radius 2 is 1.96 bits per heavy atom. The smallest absolute Gasteiger partial charge is 0.260 e. The summed E-state index contributed by atoms with van der Waals surface area (Å²) in [7, 11) is 0. The minimum Gasteiger partial charge on any atom is -0.494 e. The molecule has 0 saturated heterocycles. The van der Waals surface area contributed by atoms with Crippen molar-refractivity contribution in [2.24, 2.45) is 0 Å². The molecular weight excluding hydrogens is 344 g/mol. The highest BCUT2D eigenvalue weighted by atomic mass is 32.1. The van der Waals surface area contributed by atoms with Crippen LogP contribution in [0.4, 0.5) is 0 Å². The van der Waals surface area contributed by atoms with Crippen LogP contribution in [0, 0.1) is 0 Å². The van der Waals surface area contributed by atoms with Crippen molar-refractivity contribution in [3.8, 4) is 5.75 Å². The molecule has 0 saturated carbocycles. The van der Waals surface area contributed by atoms with Crippen LogP contribution in [0.3, 0.4) is 0 Å². The van der Waals surface area contributed by atoms with E-state index in [1.165, 1.54) is 23.3 Å². The van der Waals surface area contributed by atoms with Gasteiger partial charge in [0, 0.05) is 4.88 Å². The zero-order valence-corrected chi connectivity index (χ0v) is 15.7. The van der Waals surface area contributed by atoms with Crippen molar-refractivity contribution in [2.75, 3.05) is 6.61 Å². The van der Waals surface area contributed by atoms with E-state index in [9.17, 15) is 4.79 Å². The van der Waals surface area contributed by atoms with E-state index in [1.807, 2.05) is 43.3 Å². The zero-order valence-electron chi connectivity index (χ0n) is 14.9. The normalized spacial score (nSPS) is 14.5. The predicted octanol–water partition coefficient (Wildman–Crippen LogP) is 4.82. The summed E-state index contributed by atoms with van der Waals surface area (Å²) in [5.74, 6) is 1.46. The Balaban J connectivity index is 1.64. The number of nitrogens with zero attached hydrogens (tertiary/aromatic N) is 1. The average molecular weight is 366 g/mol. The van der Waals surface area contributed by atoms with Crippen molar-refractivity contribution < 1.29 is 4.74 Å². The van der Waals surface area contributed by atoms with Gasteiger partial charge in [-0.1, -0.05) is 24.6 Å². The van der Waals surface area contributed by atoms with E-state index >= 15 is 0 Å². The van der Waals surface area contributed by atoms with Crippen LogP contribution >= 0.6 is 11.3 Å². The van der Waals surface area contributed by atoms with Gasteiger partial charge in [-0.15, -0.1) is 11.3 Å². The summed E-state index contributed by atoms with van der Waals surface area (Å²) in [4.78, 5) is 22.5. The Morgan fingerprint density at radius 1 is 1.15 bits per heavy atom. The molecule has 26 heavy (non-hydrogen) atoms. The number of ether oxygens (including phenoxy) is 1. The SMILES string of the molecule is CCOc1ccc(/C=C/c2nc3sc4c(c3c(=O)[nH]2)CCCCC4)cc1. The third-order valence-corrected chi connectivity index (χ3v) is 5.90. The summed E-state index contributed by atoms with van der Waals surface area (Å²) in [6.45, 7) is 2.63. The lowest BCUT2D eigenvalue weighted by atomic mass is 10.1. The summed E-state index contributed by atoms with van der Waals surface area (Å²) in [5.41, 5.74) is 2.26. The van der Waals surface area contributed by atoms with E-state index in [2.05, 4.69) is 9.97 Å². The third kappa shape index (κ3) is 3.44. The van der Waals surface area contributed by atoms with Crippen LogP contribution in [0.15, 0.2) is 29.1 Å². The van der Waals surface area contributed by atoms with Gasteiger partial charge >= 0.3 is 0 Å². The summed E-state index contributed by atoms with van der Waals surface area (Å²) in [6.07, 6.45) is 9.52. The van der Waals surface area contributed by atoms with Crippen molar-refractivity contribution in [3.05, 3.63) is 56.4 Å². The van der Waals surface area contributed by atoms with Gasteiger partial charge in [-0.3, -0.25) is 4.79 Å². The number of thiophene rings is 1. The first-order valence-corrected chi connectivity index (χ1v) is 10.0. The maximum atomic E-state index is 12.6. The predicted molar refractivity (Wildman–Crippen MR) is 108 cm³/mol. The van der Waals surface area contributed by atoms with E-state index in [4.69, 9.17) is 4.74 Å². The van der Waals surface area contributed by atoms with Crippen LogP contribution in [-0.2, 0) is 12.8 Å². The Labute approximate surface area is 156 Å². The highest BCUT2D eigenvalue weighted by molar-refractivity contribution is 7.18. The molecule has 0 spiro atoms. The molecule has 2 heterocycles. The second kappa shape index (κ2) is 7.46. The number of nitrogens with one attached hydrogen (secondary N) is 1. The number of fused-ring (bicyclic) bond motifs is 3. The first-order valence-electron chi connectivity index (χ1n) is 9.20. The minimum absolute atomic E-state index is 0.0132. The van der Waals surface area contributed by atoms with Gasteiger partial charge in [0.25, 0.3) is 5.56 Å². The van der Waals surface area contributed by atoms with Gasteiger partial charge in [-0.25, -0.2) is 4.98 Å². The molecule has 1 aliphatic rings. The number of benzene rings is 1. The van der Waals surface area contributed by atoms with Crippen LogP contribution in [0.5, 0.6) is 5.75 Å². The number of aryl methyl sites for hydroxylation is 2. The number of H-pyrrole nitrogens is 1. The minimum atomic E-state index is -0.0132. The molecule has 1 N–H and O–H groups in total. The quantitative estimate of drug-likeness (QED) is 0.673. The van der Waals surface area contributed by atoms with Crippen LogP contribution in [0.2, 0.25) is 0 Å². The Bertz CT molecular complexity index is 999. The maximum Gasteiger partial charge on any atom is 0.260 e. The Hall–Kier alpha value is -2.40. The second-order valence-electron chi connectivity index (χ2n) is 6.53. The van der Waals surface area contributed by atoms with Crippen molar-refractivity contribution in [2.45, 2.75) is 39.0 Å². The third-order valence-electron chi connectivity index (χ3n) is 4.72. The average Bonchev–Trinajstić information content (AvgIpc) is 2.83. The van der Waals surface area contributed by atoms with Crippen molar-refractivity contribution in [3.63, 3.8) is 0 Å². The zero-order chi connectivity index (χ0) is 17.9. The Morgan fingerprint density at radius 3 is 2.77 bits per heavy atom. The highest BCUT2D eigenvalue weighted by Gasteiger charge is 2.18. The summed E-state index contributed by atoms with van der Waals surface area (Å²) in [6, 6.07) is 7.87. The van der Waals surface area contributed by atoms with Gasteiger partial charge in [0.2, 0.25) is 0 Å². The largest absolute Gasteiger partial charge is 0.494 e. The standard InChI is InChI=1S/C21H22N2O2S/c1-2-25-15-11-8-14(9-12-15)10-13-18-22-20(24)19-16-6-4-3-5-7-17(16)26-21(19)23-18/h8-13H,2-7H2,1H3,(H,22,23,24)/b13-10+. The van der Waals surface area contributed by atoms with Gasteiger partial charge in [-0.05, 0) is 61.9 Å². The molecule has 3 aromatic rings. The molecule has 0 fully saturated rings. The summed E-state index contributed by atoms with van der Waals surface area (Å²) < 4.78 is 5.45. The molecule has 4 nitrogen and oxygen atoms in total. The van der Waals surface area contributed by atoms with E-state index in [0.29, 0.717) is 12.4 Å². The fourth-order valence-electron chi connectivity index (χ4n) is 3.45. The maximum absolute atomic E-state index is 12.6. The molecule has 134 valence electrons. The van der Waals surface area contributed by atoms with Gasteiger partial charge in [0.1, 0.15) is 16.4 Å². The lowest BCUT2D eigenvalue weighted by Gasteiger charge is -2.02. The fraction of sp³-hybridized carbons (Fsp3) is 0.333. The molecular formula is C21H22N2O2S. The fourth-order valence-corrected chi connectivity index (χ4v) is 4.72. The van der Waals surface area contributed by atoms with Crippen molar-refractivity contribution >= 4 is 33.7 Å². The monoisotopic (exact) mass is 366 g/mol. The molecule has 1 aliphatic carbocycles. The van der Waals surface area contributed by atoms with E-state index in [1.54, 1.807) is 11.3 Å². The first kappa shape index (κ1) is 17.0. The molecule has 5 heteroatoms. The van der Waals surface area contributed by atoms with Crippen molar-refractivity contribution in [1.29, 1.82) is 0 Å². The molecule has 0 atom stereocenters. The highest BCUT2D eigenvalue weighted by Crippen LogP contribution is 2.32. The lowest BCUT2D eigenvalue weighted by Crippen LogP contribution is -2.10. The molecule has 0 bridgehead atoms. The molecule has 0 amide bonds. The van der Waals surface area contributed by atoms with Crippen molar-refractivity contribution in [1.82, 2.24) is 9.97 Å². The van der Waals surface area contributed by atoms with E-state index < -0.39 is 0 Å². The lowest BCUT2D eigenvalue weighted by molar-refractivity contribution is 0.340. The molecule has 0 unspecified atom stereocenters. The van der Waals surface area contributed by atoms with Crippen LogP contribution < -0.4 is 10.3 Å². The molecule has 2 aromatic heterocycles. The second-order valence-corrected chi connectivity index (χ2v) is 7.61. The molecule has 0 aliphatic heterocycles. The number of hydrogen-bond acceptors (Lipinski definition) is 4. The number of aromatic amines is 1. The van der Waals surface area contributed by atoms with Crippen LogP contribution in [0.25, 0.3) is 22.4 Å². The summed E-state index contributed by atoms with van der Waals surface area (Å²) in [5, 5.41) is 0.810. The first-order chi connectivity index (χ1) is 12.7. The van der Waals surface area contributed by atoms with Crippen LogP contribution in [-0.4, -0.2) is 16.6 Å². The number of aromatic nitrogens is 2. The number of rotatable bonds is 4. The van der Waals surface area contributed by atoms with Gasteiger partial charge < -0.3 is 9.72 Å². The summed E-state index contributed by atoms with van der Waals surface area (Å²) >= 11 is 1.69. The Kier molecular flexibility index (Phi) is 4.89. The topological polar surface area (TPSA) is 55.0 Å². The van der Waals surface area contributed by atoms with Gasteiger partial charge in [0.15, 0.2) is 0 Å². The van der Waals surface area contributed by atoms with Crippen LogP contribution in [0.1, 0.15) is 48.0 Å². The van der Waals surface area contributed by atoms with E-state index in [-0.39, 0.29) is 5.56 Å². The van der Waals surface area contributed by atoms with Gasteiger partial charge in [0.05, 0.1) is 12.0 Å². The molecule has 1 aromatic carbocycles. The molecule has 0 radical (unpaired) electrons.